The van der Waals surface area contributed by atoms with E-state index in [0.29, 0.717) is 7.48 Å². The quantitative estimate of drug-likeness (QED) is 0.206. The molecule has 0 unspecified atom stereocenters. The third-order valence-electron chi connectivity index (χ3n) is 9.35. The molecule has 0 heterocycles. The van der Waals surface area contributed by atoms with E-state index in [1.807, 2.05) is 13.8 Å². The van der Waals surface area contributed by atoms with Crippen molar-refractivity contribution in [2.75, 3.05) is 0 Å². The van der Waals surface area contributed by atoms with E-state index in [4.69, 9.17) is 4.65 Å². The first-order valence-corrected chi connectivity index (χ1v) is 14.9. The third kappa shape index (κ3) is 4.91. The zero-order valence-electron chi connectivity index (χ0n) is 25.5. The smallest absolute Gasteiger partial charge is 0.310 e. The van der Waals surface area contributed by atoms with Gasteiger partial charge in [-0.1, -0.05) is 117 Å². The zero-order chi connectivity index (χ0) is 29.7. The zero-order valence-corrected chi connectivity index (χ0v) is 25.5. The Labute approximate surface area is 251 Å². The van der Waals surface area contributed by atoms with E-state index in [-0.39, 0.29) is 5.41 Å². The van der Waals surface area contributed by atoms with Crippen LogP contribution in [0.1, 0.15) is 52.7 Å². The van der Waals surface area contributed by atoms with Crippen LogP contribution in [0.2, 0.25) is 0 Å². The second kappa shape index (κ2) is 10.4. The van der Waals surface area contributed by atoms with Crippen molar-refractivity contribution in [1.82, 2.24) is 0 Å². The third-order valence-corrected chi connectivity index (χ3v) is 9.35. The minimum Gasteiger partial charge on any atom is -0.427 e. The molecule has 42 heavy (non-hydrogen) atoms. The van der Waals surface area contributed by atoms with Gasteiger partial charge < -0.3 is 9.76 Å². The summed E-state index contributed by atoms with van der Waals surface area (Å²) in [6.07, 6.45) is 0. The number of benzene rings is 5. The summed E-state index contributed by atoms with van der Waals surface area (Å²) in [5.74, 6) is 0. The van der Waals surface area contributed by atoms with Crippen molar-refractivity contribution in [2.24, 2.45) is 0 Å². The maximum atomic E-state index is 10.9. The maximum Gasteiger partial charge on any atom is 0.310 e. The molecular weight excluding hydrogens is 511 g/mol. The lowest BCUT2D eigenvalue weighted by Gasteiger charge is -2.38. The molecule has 0 aliphatic heterocycles. The maximum absolute atomic E-state index is 10.9. The van der Waals surface area contributed by atoms with Crippen LogP contribution in [-0.2, 0) is 10.1 Å². The lowest BCUT2D eigenvalue weighted by molar-refractivity contribution is -0.0893. The average molecular weight is 551 g/mol. The second-order valence-electron chi connectivity index (χ2n) is 13.1. The van der Waals surface area contributed by atoms with Gasteiger partial charge in [-0.2, -0.15) is 0 Å². The minimum atomic E-state index is -1.00. The number of rotatable bonds is 7. The fourth-order valence-corrected chi connectivity index (χ4v) is 6.11. The van der Waals surface area contributed by atoms with Gasteiger partial charge in [-0.15, -0.1) is 0 Å². The van der Waals surface area contributed by atoms with E-state index in [9.17, 15) is 5.11 Å². The number of hydrogen-bond donors (Lipinski definition) is 1. The predicted octanol–water partition coefficient (Wildman–Crippen LogP) is 8.54. The molecule has 210 valence electrons. The molecular formula is C39H39BO2. The number of fused-ring (bicyclic) bond motifs is 3. The van der Waals surface area contributed by atoms with Gasteiger partial charge in [0.2, 0.25) is 0 Å². The van der Waals surface area contributed by atoms with Crippen LogP contribution in [0, 0.1) is 0 Å². The van der Waals surface area contributed by atoms with Crippen LogP contribution in [0.15, 0.2) is 115 Å². The average Bonchev–Trinajstić information content (AvgIpc) is 3.22. The van der Waals surface area contributed by atoms with Crippen molar-refractivity contribution in [2.45, 2.75) is 58.2 Å². The molecule has 0 aromatic heterocycles. The van der Waals surface area contributed by atoms with Gasteiger partial charge in [0.25, 0.3) is 0 Å². The summed E-state index contributed by atoms with van der Waals surface area (Å²) in [6.45, 7) is 12.2. The highest BCUT2D eigenvalue weighted by molar-refractivity contribution is 6.50. The Kier molecular flexibility index (Phi) is 7.00. The second-order valence-corrected chi connectivity index (χ2v) is 13.1. The summed E-state index contributed by atoms with van der Waals surface area (Å²) < 4.78 is 6.52. The first-order valence-electron chi connectivity index (χ1n) is 14.9. The summed E-state index contributed by atoms with van der Waals surface area (Å²) in [5.41, 5.74) is 11.6. The normalized spacial score (nSPS) is 13.9. The Morgan fingerprint density at radius 1 is 0.571 bits per heavy atom. The molecule has 1 aliphatic rings. The molecule has 5 aromatic rings. The molecule has 2 nitrogen and oxygen atoms in total. The SMILES string of the molecule is CC1(C)c2ccccc2-c2cc(-c3cc(-c4ccccc4)cc(BOC(C)(C)C(C)(C)O)c3-c3ccccc3)ccc21. The molecule has 0 fully saturated rings. The van der Waals surface area contributed by atoms with E-state index in [0.717, 1.165) is 27.7 Å². The van der Waals surface area contributed by atoms with Crippen molar-refractivity contribution >= 4 is 12.9 Å². The van der Waals surface area contributed by atoms with Crippen LogP contribution >= 0.6 is 0 Å². The molecule has 1 aliphatic carbocycles. The first kappa shape index (κ1) is 28.2. The lowest BCUT2D eigenvalue weighted by atomic mass is 9.74. The van der Waals surface area contributed by atoms with Crippen molar-refractivity contribution < 1.29 is 9.76 Å². The predicted molar refractivity (Wildman–Crippen MR) is 179 cm³/mol. The highest BCUT2D eigenvalue weighted by Crippen LogP contribution is 2.50. The van der Waals surface area contributed by atoms with Crippen LogP contribution in [0.3, 0.4) is 0 Å². The molecule has 0 saturated heterocycles. The van der Waals surface area contributed by atoms with Crippen LogP contribution in [0.4, 0.5) is 0 Å². The van der Waals surface area contributed by atoms with Crippen LogP contribution in [0.25, 0.3) is 44.5 Å². The van der Waals surface area contributed by atoms with E-state index in [2.05, 4.69) is 129 Å². The highest BCUT2D eigenvalue weighted by atomic mass is 16.5. The molecule has 1 N–H and O–H groups in total. The van der Waals surface area contributed by atoms with Gasteiger partial charge in [-0.25, -0.2) is 0 Å². The first-order chi connectivity index (χ1) is 20.0. The lowest BCUT2D eigenvalue weighted by Crippen LogP contribution is -2.49. The van der Waals surface area contributed by atoms with Crippen molar-refractivity contribution in [1.29, 1.82) is 0 Å². The summed E-state index contributed by atoms with van der Waals surface area (Å²) in [4.78, 5) is 0. The Balaban J connectivity index is 1.60. The molecule has 0 bridgehead atoms. The van der Waals surface area contributed by atoms with E-state index in [1.165, 1.54) is 33.4 Å². The van der Waals surface area contributed by atoms with E-state index in [1.54, 1.807) is 13.8 Å². The monoisotopic (exact) mass is 550 g/mol. The van der Waals surface area contributed by atoms with Gasteiger partial charge in [0.05, 0.1) is 11.2 Å². The molecule has 3 heteroatoms. The fraction of sp³-hybridized carbons (Fsp3) is 0.231. The number of aliphatic hydroxyl groups is 1. The minimum absolute atomic E-state index is 0.0414. The Morgan fingerprint density at radius 3 is 1.81 bits per heavy atom. The molecule has 0 radical (unpaired) electrons. The Bertz CT molecular complexity index is 1750. The van der Waals surface area contributed by atoms with Gasteiger partial charge in [-0.05, 0) is 101 Å². The standard InChI is InChI=1S/C39H39BO2/c1-37(2)33-20-14-13-19-30(33)32-23-28(21-22-34(32)37)31-24-29(26-15-9-7-10-16-26)25-35(36(31)27-17-11-8-12-18-27)40-42-39(5,6)38(3,4)41/h7-25,40-41H,1-6H3. The molecule has 0 spiro atoms. The van der Waals surface area contributed by atoms with Crippen LogP contribution in [0.5, 0.6) is 0 Å². The summed E-state index contributed by atoms with van der Waals surface area (Å²) in [7, 11) is 0.371. The highest BCUT2D eigenvalue weighted by Gasteiger charge is 2.37. The number of hydrogen-bond acceptors (Lipinski definition) is 2. The molecule has 0 saturated carbocycles. The van der Waals surface area contributed by atoms with Gasteiger partial charge in [0.1, 0.15) is 0 Å². The summed E-state index contributed by atoms with van der Waals surface area (Å²) in [6, 6.07) is 41.5. The van der Waals surface area contributed by atoms with Crippen molar-refractivity contribution in [3.05, 3.63) is 126 Å². The fourth-order valence-electron chi connectivity index (χ4n) is 6.11. The summed E-state index contributed by atoms with van der Waals surface area (Å²) >= 11 is 0. The van der Waals surface area contributed by atoms with Gasteiger partial charge in [0, 0.05) is 5.41 Å². The van der Waals surface area contributed by atoms with Gasteiger partial charge in [-0.3, -0.25) is 0 Å². The molecule has 0 amide bonds. The molecule has 6 rings (SSSR count). The van der Waals surface area contributed by atoms with Crippen molar-refractivity contribution in [3.63, 3.8) is 0 Å². The van der Waals surface area contributed by atoms with Crippen molar-refractivity contribution in [3.8, 4) is 44.5 Å². The largest absolute Gasteiger partial charge is 0.427 e. The summed E-state index contributed by atoms with van der Waals surface area (Å²) in [5, 5.41) is 10.9. The Hall–Kier alpha value is -3.92. The van der Waals surface area contributed by atoms with Gasteiger partial charge >= 0.3 is 7.48 Å². The Morgan fingerprint density at radius 2 is 1.14 bits per heavy atom. The topological polar surface area (TPSA) is 29.5 Å². The van der Waals surface area contributed by atoms with E-state index < -0.39 is 11.2 Å². The van der Waals surface area contributed by atoms with Crippen LogP contribution in [-0.4, -0.2) is 23.8 Å². The van der Waals surface area contributed by atoms with E-state index >= 15 is 0 Å². The van der Waals surface area contributed by atoms with Crippen LogP contribution < -0.4 is 5.46 Å². The molecule has 0 atom stereocenters. The molecule has 5 aromatic carbocycles. The van der Waals surface area contributed by atoms with Gasteiger partial charge in [0.15, 0.2) is 0 Å².